The summed E-state index contributed by atoms with van der Waals surface area (Å²) in [6.07, 6.45) is 3.30. The first-order chi connectivity index (χ1) is 3.81. The summed E-state index contributed by atoms with van der Waals surface area (Å²) in [5.41, 5.74) is 0. The monoisotopic (exact) mass is 147 g/mol. The molecule has 0 aliphatic heterocycles. The van der Waals surface area contributed by atoms with Crippen LogP contribution in [0.25, 0.3) is 0 Å². The first-order valence-corrected chi connectivity index (χ1v) is 3.87. The van der Waals surface area contributed by atoms with Crippen LogP contribution < -0.4 is 6.15 Å². The lowest BCUT2D eigenvalue weighted by Crippen LogP contribution is -1.95. The Labute approximate surface area is 58.7 Å². The first-order valence-electron chi connectivity index (χ1n) is 2.38. The van der Waals surface area contributed by atoms with Crippen LogP contribution in [0.5, 0.6) is 0 Å². The van der Waals surface area contributed by atoms with Crippen LogP contribution in [-0.2, 0) is 10.8 Å². The zero-order valence-corrected chi connectivity index (χ0v) is 6.32. The third-order valence-corrected chi connectivity index (χ3v) is 1.82. The molecule has 0 fully saturated rings. The zero-order chi connectivity index (χ0) is 6.41. The van der Waals surface area contributed by atoms with Crippen molar-refractivity contribution in [2.24, 2.45) is 0 Å². The smallest absolute Gasteiger partial charge is 0.0415 e. The van der Waals surface area contributed by atoms with Gasteiger partial charge in [0.2, 0.25) is 0 Å². The topological polar surface area (TPSA) is 52.1 Å². The van der Waals surface area contributed by atoms with E-state index in [1.54, 1.807) is 12.2 Å². The molecule has 0 saturated carbocycles. The zero-order valence-electron chi connectivity index (χ0n) is 5.51. The molecular formula is C6H13NOS. The van der Waals surface area contributed by atoms with E-state index < -0.39 is 10.8 Å². The number of rotatable bonds is 4. The maximum atomic E-state index is 10.6. The molecule has 0 amide bonds. The molecule has 3 heteroatoms. The van der Waals surface area contributed by atoms with Gasteiger partial charge in [-0.05, 0) is 0 Å². The predicted molar refractivity (Wildman–Crippen MR) is 43.3 cm³/mol. The summed E-state index contributed by atoms with van der Waals surface area (Å²) >= 11 is 0. The van der Waals surface area contributed by atoms with Gasteiger partial charge in [-0.2, -0.15) is 0 Å². The predicted octanol–water partition coefficient (Wildman–Crippen LogP) is 1.27. The van der Waals surface area contributed by atoms with E-state index in [0.717, 1.165) is 0 Å². The molecule has 0 unspecified atom stereocenters. The highest BCUT2D eigenvalue weighted by molar-refractivity contribution is 7.85. The van der Waals surface area contributed by atoms with Crippen LogP contribution in [-0.4, -0.2) is 15.7 Å². The van der Waals surface area contributed by atoms with Gasteiger partial charge in [-0.3, -0.25) is 4.21 Å². The Kier molecular flexibility index (Phi) is 9.61. The highest BCUT2D eigenvalue weighted by Crippen LogP contribution is 1.81. The Bertz CT molecular complexity index is 99.6. The van der Waals surface area contributed by atoms with E-state index >= 15 is 0 Å². The Morgan fingerprint density at radius 2 is 1.56 bits per heavy atom. The van der Waals surface area contributed by atoms with Crippen LogP contribution in [0, 0.1) is 0 Å². The second-order valence-electron chi connectivity index (χ2n) is 1.35. The summed E-state index contributed by atoms with van der Waals surface area (Å²) in [6, 6.07) is 0. The molecule has 0 aromatic carbocycles. The lowest BCUT2D eigenvalue weighted by Gasteiger charge is -1.87. The van der Waals surface area contributed by atoms with Gasteiger partial charge >= 0.3 is 0 Å². The van der Waals surface area contributed by atoms with Crippen molar-refractivity contribution in [1.82, 2.24) is 6.15 Å². The Hall–Kier alpha value is -0.410. The van der Waals surface area contributed by atoms with Crippen molar-refractivity contribution in [3.8, 4) is 0 Å². The van der Waals surface area contributed by atoms with Gasteiger partial charge in [0.05, 0.1) is 0 Å². The van der Waals surface area contributed by atoms with E-state index in [1.807, 2.05) is 0 Å². The van der Waals surface area contributed by atoms with Crippen molar-refractivity contribution in [2.45, 2.75) is 0 Å². The molecule has 0 heterocycles. The Morgan fingerprint density at radius 1 is 1.22 bits per heavy atom. The second-order valence-corrected chi connectivity index (χ2v) is 2.90. The van der Waals surface area contributed by atoms with Crippen LogP contribution in [0.4, 0.5) is 0 Å². The highest BCUT2D eigenvalue weighted by atomic mass is 32.2. The Morgan fingerprint density at radius 3 is 1.78 bits per heavy atom. The van der Waals surface area contributed by atoms with Gasteiger partial charge in [0.15, 0.2) is 0 Å². The van der Waals surface area contributed by atoms with E-state index in [0.29, 0.717) is 11.5 Å². The molecule has 0 saturated heterocycles. The lowest BCUT2D eigenvalue weighted by molar-refractivity contribution is 0.687. The third-order valence-electron chi connectivity index (χ3n) is 0.607. The molecule has 0 aliphatic rings. The minimum absolute atomic E-state index is 0. The van der Waals surface area contributed by atoms with Crippen LogP contribution in [0.15, 0.2) is 25.3 Å². The van der Waals surface area contributed by atoms with E-state index in [1.165, 1.54) is 0 Å². The fourth-order valence-corrected chi connectivity index (χ4v) is 0.993. The van der Waals surface area contributed by atoms with Crippen molar-refractivity contribution in [2.75, 3.05) is 11.5 Å². The van der Waals surface area contributed by atoms with Crippen LogP contribution in [0.3, 0.4) is 0 Å². The second kappa shape index (κ2) is 7.59. The SMILES string of the molecule is C=CCS(=O)CC=C.N. The molecule has 2 nitrogen and oxygen atoms in total. The van der Waals surface area contributed by atoms with E-state index in [2.05, 4.69) is 13.2 Å². The van der Waals surface area contributed by atoms with Gasteiger partial charge in [-0.25, -0.2) is 0 Å². The van der Waals surface area contributed by atoms with Gasteiger partial charge in [-0.15, -0.1) is 13.2 Å². The minimum atomic E-state index is -0.756. The van der Waals surface area contributed by atoms with E-state index in [9.17, 15) is 4.21 Å². The van der Waals surface area contributed by atoms with E-state index in [4.69, 9.17) is 0 Å². The van der Waals surface area contributed by atoms with Crippen LogP contribution >= 0.6 is 0 Å². The van der Waals surface area contributed by atoms with Crippen molar-refractivity contribution >= 4 is 10.8 Å². The summed E-state index contributed by atoms with van der Waals surface area (Å²) < 4.78 is 10.6. The lowest BCUT2D eigenvalue weighted by atomic mass is 10.8. The molecule has 54 valence electrons. The Balaban J connectivity index is 0. The fourth-order valence-electron chi connectivity index (χ4n) is 0.331. The van der Waals surface area contributed by atoms with Crippen molar-refractivity contribution in [3.63, 3.8) is 0 Å². The normalized spacial score (nSPS) is 8.11. The van der Waals surface area contributed by atoms with Crippen molar-refractivity contribution < 1.29 is 4.21 Å². The van der Waals surface area contributed by atoms with Gasteiger partial charge in [0, 0.05) is 22.3 Å². The quantitative estimate of drug-likeness (QED) is 0.609. The van der Waals surface area contributed by atoms with Gasteiger partial charge < -0.3 is 6.15 Å². The molecule has 0 bridgehead atoms. The molecule has 0 rings (SSSR count). The molecule has 3 N–H and O–H groups in total. The minimum Gasteiger partial charge on any atom is -0.344 e. The average Bonchev–Trinajstić information content (AvgIpc) is 1.68. The first kappa shape index (κ1) is 11.4. The molecule has 9 heavy (non-hydrogen) atoms. The largest absolute Gasteiger partial charge is 0.344 e. The highest BCUT2D eigenvalue weighted by Gasteiger charge is 1.88. The fraction of sp³-hybridized carbons (Fsp3) is 0.333. The van der Waals surface area contributed by atoms with Crippen molar-refractivity contribution in [3.05, 3.63) is 25.3 Å². The summed E-state index contributed by atoms with van der Waals surface area (Å²) in [5, 5.41) is 0. The summed E-state index contributed by atoms with van der Waals surface area (Å²) in [6.45, 7) is 6.91. The van der Waals surface area contributed by atoms with E-state index in [-0.39, 0.29) is 6.15 Å². The molecule has 0 aliphatic carbocycles. The standard InChI is InChI=1S/C6H10OS.H3N/c1-3-5-8(7)6-4-2;/h3-4H,1-2,5-6H2;1H3. The molecule has 0 radical (unpaired) electrons. The third kappa shape index (κ3) is 7.59. The summed E-state index contributed by atoms with van der Waals surface area (Å²) in [4.78, 5) is 0. The van der Waals surface area contributed by atoms with Crippen LogP contribution in [0.2, 0.25) is 0 Å². The summed E-state index contributed by atoms with van der Waals surface area (Å²) in [7, 11) is -0.756. The van der Waals surface area contributed by atoms with Crippen LogP contribution in [0.1, 0.15) is 0 Å². The molecular weight excluding hydrogens is 134 g/mol. The maximum absolute atomic E-state index is 10.6. The average molecular weight is 147 g/mol. The van der Waals surface area contributed by atoms with Crippen molar-refractivity contribution in [1.29, 1.82) is 0 Å². The van der Waals surface area contributed by atoms with Gasteiger partial charge in [0.25, 0.3) is 0 Å². The van der Waals surface area contributed by atoms with Gasteiger partial charge in [0.1, 0.15) is 0 Å². The van der Waals surface area contributed by atoms with Gasteiger partial charge in [-0.1, -0.05) is 12.2 Å². The maximum Gasteiger partial charge on any atom is 0.0415 e. The molecule has 0 aromatic heterocycles. The summed E-state index contributed by atoms with van der Waals surface area (Å²) in [5.74, 6) is 1.15. The number of hydrogen-bond donors (Lipinski definition) is 1. The number of hydrogen-bond acceptors (Lipinski definition) is 2. The molecule has 0 aromatic rings. The molecule has 0 atom stereocenters. The molecule has 0 spiro atoms.